The average molecular weight is 478 g/mol. The van der Waals surface area contributed by atoms with Crippen LogP contribution in [0.5, 0.6) is 0 Å². The minimum atomic E-state index is -3.85. The number of hydrogen-bond donors (Lipinski definition) is 3. The number of anilines is 2. The molecule has 9 heteroatoms. The minimum absolute atomic E-state index is 0.0184. The third-order valence-corrected chi connectivity index (χ3v) is 6.66. The first-order chi connectivity index (χ1) is 16.2. The lowest BCUT2D eigenvalue weighted by atomic mass is 10.1. The van der Waals surface area contributed by atoms with E-state index in [1.165, 1.54) is 55.5 Å². The molecule has 0 atom stereocenters. The van der Waals surface area contributed by atoms with Crippen molar-refractivity contribution in [2.45, 2.75) is 30.7 Å². The summed E-state index contributed by atoms with van der Waals surface area (Å²) in [6, 6.07) is 18.5. The summed E-state index contributed by atoms with van der Waals surface area (Å²) < 4.78 is 27.6. The molecule has 0 heterocycles. The summed E-state index contributed by atoms with van der Waals surface area (Å²) in [4.78, 5) is 36.2. The molecule has 0 bridgehead atoms. The summed E-state index contributed by atoms with van der Waals surface area (Å²) in [5.41, 5.74) is 1.97. The monoisotopic (exact) mass is 477 g/mol. The number of Topliss-reactive ketones (excluding diaryl/α,β-unsaturated/α-hetero) is 1. The van der Waals surface area contributed by atoms with Crippen molar-refractivity contribution in [2.75, 3.05) is 10.0 Å². The second-order valence-electron chi connectivity index (χ2n) is 8.05. The maximum Gasteiger partial charge on any atom is 0.261 e. The summed E-state index contributed by atoms with van der Waals surface area (Å²) in [5, 5.41) is 5.65. The Labute approximate surface area is 197 Å². The number of carbonyl (C=O) groups is 3. The number of carbonyl (C=O) groups excluding carboxylic acids is 3. The molecule has 0 radical (unpaired) electrons. The maximum absolute atomic E-state index is 12.6. The molecule has 0 unspecified atom stereocenters. The highest BCUT2D eigenvalue weighted by molar-refractivity contribution is 7.92. The molecule has 0 aliphatic heterocycles. The van der Waals surface area contributed by atoms with Crippen molar-refractivity contribution >= 4 is 39.0 Å². The van der Waals surface area contributed by atoms with E-state index < -0.39 is 15.9 Å². The first-order valence-corrected chi connectivity index (χ1v) is 12.2. The van der Waals surface area contributed by atoms with Gasteiger partial charge in [0.15, 0.2) is 5.78 Å². The Balaban J connectivity index is 1.40. The quantitative estimate of drug-likeness (QED) is 0.426. The molecule has 0 spiro atoms. The van der Waals surface area contributed by atoms with Crippen LogP contribution < -0.4 is 15.4 Å². The topological polar surface area (TPSA) is 121 Å². The number of rotatable bonds is 8. The van der Waals surface area contributed by atoms with E-state index in [-0.39, 0.29) is 28.3 Å². The van der Waals surface area contributed by atoms with Gasteiger partial charge in [0.25, 0.3) is 21.8 Å². The highest BCUT2D eigenvalue weighted by atomic mass is 32.2. The molecule has 3 N–H and O–H groups in total. The van der Waals surface area contributed by atoms with Gasteiger partial charge in [0, 0.05) is 34.1 Å². The predicted molar refractivity (Wildman–Crippen MR) is 129 cm³/mol. The largest absolute Gasteiger partial charge is 0.349 e. The van der Waals surface area contributed by atoms with Crippen molar-refractivity contribution in [3.63, 3.8) is 0 Å². The van der Waals surface area contributed by atoms with Gasteiger partial charge in [-0.25, -0.2) is 8.42 Å². The van der Waals surface area contributed by atoms with Crippen molar-refractivity contribution in [1.29, 1.82) is 0 Å². The summed E-state index contributed by atoms with van der Waals surface area (Å²) in [6.07, 6.45) is 1.97. The van der Waals surface area contributed by atoms with Gasteiger partial charge < -0.3 is 10.6 Å². The van der Waals surface area contributed by atoms with Crippen LogP contribution in [0.4, 0.5) is 11.4 Å². The van der Waals surface area contributed by atoms with Gasteiger partial charge in [-0.15, -0.1) is 0 Å². The lowest BCUT2D eigenvalue weighted by Crippen LogP contribution is -2.25. The highest BCUT2D eigenvalue weighted by Crippen LogP contribution is 2.21. The number of amides is 2. The zero-order chi connectivity index (χ0) is 24.3. The summed E-state index contributed by atoms with van der Waals surface area (Å²) >= 11 is 0. The van der Waals surface area contributed by atoms with Crippen LogP contribution in [0.3, 0.4) is 0 Å². The van der Waals surface area contributed by atoms with Crippen LogP contribution in [0.25, 0.3) is 0 Å². The van der Waals surface area contributed by atoms with Gasteiger partial charge in [0.05, 0.1) is 4.90 Å². The van der Waals surface area contributed by atoms with E-state index in [2.05, 4.69) is 15.4 Å². The Morgan fingerprint density at radius 2 is 1.41 bits per heavy atom. The van der Waals surface area contributed by atoms with Crippen molar-refractivity contribution in [3.8, 4) is 0 Å². The first-order valence-electron chi connectivity index (χ1n) is 10.7. The predicted octanol–water partition coefficient (Wildman–Crippen LogP) is 3.83. The van der Waals surface area contributed by atoms with E-state index in [1.54, 1.807) is 24.3 Å². The van der Waals surface area contributed by atoms with Gasteiger partial charge >= 0.3 is 0 Å². The third-order valence-electron chi connectivity index (χ3n) is 5.27. The van der Waals surface area contributed by atoms with Gasteiger partial charge in [0.1, 0.15) is 0 Å². The molecule has 34 heavy (non-hydrogen) atoms. The second-order valence-corrected chi connectivity index (χ2v) is 9.73. The minimum Gasteiger partial charge on any atom is -0.349 e. The molecule has 1 fully saturated rings. The zero-order valence-corrected chi connectivity index (χ0v) is 19.2. The molecule has 0 saturated heterocycles. The number of ketones is 1. The Hall–Kier alpha value is -3.98. The molecule has 3 aromatic rings. The zero-order valence-electron chi connectivity index (χ0n) is 18.4. The van der Waals surface area contributed by atoms with Crippen LogP contribution in [0.1, 0.15) is 50.8 Å². The molecule has 1 saturated carbocycles. The molecule has 174 valence electrons. The van der Waals surface area contributed by atoms with Crippen LogP contribution in [0.2, 0.25) is 0 Å². The van der Waals surface area contributed by atoms with E-state index in [0.717, 1.165) is 12.8 Å². The number of benzene rings is 3. The standard InChI is InChI=1S/C25H23N3O5S/c1-16(29)17-7-13-23(14-8-17)34(32,33)28-21-9-5-18(6-10-21)24(30)27-22-4-2-3-19(15-22)25(31)26-20-11-12-20/h2-10,13-15,20,28H,11-12H2,1H3,(H,26,31)(H,27,30). The van der Waals surface area contributed by atoms with E-state index in [0.29, 0.717) is 22.4 Å². The molecule has 0 aromatic heterocycles. The normalized spacial score (nSPS) is 13.1. The third kappa shape index (κ3) is 5.68. The van der Waals surface area contributed by atoms with E-state index in [1.807, 2.05) is 0 Å². The molecule has 1 aliphatic rings. The highest BCUT2D eigenvalue weighted by Gasteiger charge is 2.24. The van der Waals surface area contributed by atoms with E-state index in [4.69, 9.17) is 0 Å². The molecular weight excluding hydrogens is 454 g/mol. The fourth-order valence-electron chi connectivity index (χ4n) is 3.21. The van der Waals surface area contributed by atoms with Crippen molar-refractivity contribution in [2.24, 2.45) is 0 Å². The Morgan fingerprint density at radius 1 is 0.765 bits per heavy atom. The van der Waals surface area contributed by atoms with Gasteiger partial charge in [-0.2, -0.15) is 0 Å². The fraction of sp³-hybridized carbons (Fsp3) is 0.160. The smallest absolute Gasteiger partial charge is 0.261 e. The van der Waals surface area contributed by atoms with Crippen LogP contribution in [-0.2, 0) is 10.0 Å². The van der Waals surface area contributed by atoms with Crippen molar-refractivity contribution in [1.82, 2.24) is 5.32 Å². The van der Waals surface area contributed by atoms with Crippen LogP contribution in [-0.4, -0.2) is 32.1 Å². The second kappa shape index (κ2) is 9.48. The van der Waals surface area contributed by atoms with Crippen molar-refractivity contribution in [3.05, 3.63) is 89.5 Å². The molecule has 8 nitrogen and oxygen atoms in total. The van der Waals surface area contributed by atoms with Gasteiger partial charge in [-0.05, 0) is 74.4 Å². The van der Waals surface area contributed by atoms with Gasteiger partial charge in [-0.3, -0.25) is 19.1 Å². The summed E-state index contributed by atoms with van der Waals surface area (Å²) in [6.45, 7) is 1.40. The number of sulfonamides is 1. The molecule has 4 rings (SSSR count). The average Bonchev–Trinajstić information content (AvgIpc) is 3.63. The lowest BCUT2D eigenvalue weighted by molar-refractivity contribution is 0.0949. The lowest BCUT2D eigenvalue weighted by Gasteiger charge is -2.10. The first kappa shape index (κ1) is 23.2. The molecule has 1 aliphatic carbocycles. The molecule has 2 amide bonds. The van der Waals surface area contributed by atoms with Crippen LogP contribution in [0.15, 0.2) is 77.7 Å². The Morgan fingerprint density at radius 3 is 2.03 bits per heavy atom. The van der Waals surface area contributed by atoms with Crippen LogP contribution in [0, 0.1) is 0 Å². The Bertz CT molecular complexity index is 1350. The molecule has 3 aromatic carbocycles. The van der Waals surface area contributed by atoms with E-state index in [9.17, 15) is 22.8 Å². The summed E-state index contributed by atoms with van der Waals surface area (Å²) in [7, 11) is -3.85. The number of hydrogen-bond acceptors (Lipinski definition) is 5. The van der Waals surface area contributed by atoms with Crippen LogP contribution >= 0.6 is 0 Å². The molecular formula is C25H23N3O5S. The van der Waals surface area contributed by atoms with Gasteiger partial charge in [0.2, 0.25) is 0 Å². The maximum atomic E-state index is 12.6. The van der Waals surface area contributed by atoms with E-state index >= 15 is 0 Å². The number of nitrogens with one attached hydrogen (secondary N) is 3. The fourth-order valence-corrected chi connectivity index (χ4v) is 4.27. The SMILES string of the molecule is CC(=O)c1ccc(S(=O)(=O)Nc2ccc(C(=O)Nc3cccc(C(=O)NC4CC4)c3)cc2)cc1. The summed E-state index contributed by atoms with van der Waals surface area (Å²) in [5.74, 6) is -0.723. The van der Waals surface area contributed by atoms with Gasteiger partial charge in [-0.1, -0.05) is 18.2 Å². The van der Waals surface area contributed by atoms with Crippen molar-refractivity contribution < 1.29 is 22.8 Å². The Kier molecular flexibility index (Phi) is 6.47.